The number of hydrogen-bond donors (Lipinski definition) is 0. The highest BCUT2D eigenvalue weighted by atomic mass is 16.7. The van der Waals surface area contributed by atoms with Crippen molar-refractivity contribution in [3.63, 3.8) is 0 Å². The molecule has 0 bridgehead atoms. The summed E-state index contributed by atoms with van der Waals surface area (Å²) in [5.41, 5.74) is 0. The number of carbonyl (C=O) groups is 1. The number of ether oxygens (including phenoxy) is 2. The van der Waals surface area contributed by atoms with Gasteiger partial charge in [-0.15, -0.1) is 0 Å². The summed E-state index contributed by atoms with van der Waals surface area (Å²) in [6.07, 6.45) is 3.16. The van der Waals surface area contributed by atoms with E-state index in [0.717, 1.165) is 0 Å². The van der Waals surface area contributed by atoms with Crippen LogP contribution >= 0.6 is 0 Å². The fourth-order valence-corrected chi connectivity index (χ4v) is 1.05. The van der Waals surface area contributed by atoms with E-state index < -0.39 is 5.79 Å². The lowest BCUT2D eigenvalue weighted by Crippen LogP contribution is -2.20. The molecule has 3 heteroatoms. The normalized spacial score (nSPS) is 28.1. The maximum atomic E-state index is 10.6. The monoisotopic (exact) mass is 170 g/mol. The van der Waals surface area contributed by atoms with Gasteiger partial charge in [-0.1, -0.05) is 0 Å². The van der Waals surface area contributed by atoms with Crippen LogP contribution in [0.15, 0.2) is 12.2 Å². The first kappa shape index (κ1) is 9.42. The third-order valence-corrected chi connectivity index (χ3v) is 1.58. The predicted octanol–water partition coefficient (Wildman–Crippen LogP) is 1.28. The molecule has 68 valence electrons. The van der Waals surface area contributed by atoms with Crippen LogP contribution in [0, 0.1) is 0 Å². The van der Waals surface area contributed by atoms with Gasteiger partial charge >= 0.3 is 0 Å². The molecular formula is C9H14O3. The standard InChI is InChI=1S/C9H14O3/c1-7(10)4-5-8-6-11-9(2,3)12-8/h4-5,8H,6H2,1-3H3/b5-4+. The average molecular weight is 170 g/mol. The van der Waals surface area contributed by atoms with Crippen molar-refractivity contribution in [3.8, 4) is 0 Å². The van der Waals surface area contributed by atoms with Crippen LogP contribution in [0.4, 0.5) is 0 Å². The van der Waals surface area contributed by atoms with Gasteiger partial charge in [-0.05, 0) is 32.9 Å². The number of ketones is 1. The zero-order valence-corrected chi connectivity index (χ0v) is 7.66. The molecule has 0 aromatic rings. The van der Waals surface area contributed by atoms with E-state index in [1.807, 2.05) is 13.8 Å². The van der Waals surface area contributed by atoms with Crippen LogP contribution in [0.5, 0.6) is 0 Å². The molecule has 12 heavy (non-hydrogen) atoms. The van der Waals surface area contributed by atoms with E-state index in [1.165, 1.54) is 13.0 Å². The summed E-state index contributed by atoms with van der Waals surface area (Å²) in [6.45, 7) is 5.75. The molecule has 3 nitrogen and oxygen atoms in total. The Morgan fingerprint density at radius 3 is 2.67 bits per heavy atom. The Morgan fingerprint density at radius 2 is 2.25 bits per heavy atom. The SMILES string of the molecule is CC(=O)/C=C/C1COC(C)(C)O1. The third-order valence-electron chi connectivity index (χ3n) is 1.58. The fourth-order valence-electron chi connectivity index (χ4n) is 1.05. The summed E-state index contributed by atoms with van der Waals surface area (Å²) in [7, 11) is 0. The molecular weight excluding hydrogens is 156 g/mol. The van der Waals surface area contributed by atoms with Crippen molar-refractivity contribution < 1.29 is 14.3 Å². The minimum atomic E-state index is -0.508. The second kappa shape index (κ2) is 3.37. The van der Waals surface area contributed by atoms with Gasteiger partial charge in [0.15, 0.2) is 11.6 Å². The van der Waals surface area contributed by atoms with Crippen LogP contribution in [-0.4, -0.2) is 24.3 Å². The second-order valence-electron chi connectivity index (χ2n) is 3.34. The number of rotatable bonds is 2. The van der Waals surface area contributed by atoms with Crippen LogP contribution in [0.1, 0.15) is 20.8 Å². The fraction of sp³-hybridized carbons (Fsp3) is 0.667. The first-order valence-corrected chi connectivity index (χ1v) is 4.00. The number of hydrogen-bond acceptors (Lipinski definition) is 3. The molecule has 0 radical (unpaired) electrons. The van der Waals surface area contributed by atoms with Crippen LogP contribution in [0.2, 0.25) is 0 Å². The Bertz CT molecular complexity index is 206. The van der Waals surface area contributed by atoms with Crippen molar-refractivity contribution in [2.24, 2.45) is 0 Å². The molecule has 1 fully saturated rings. The largest absolute Gasteiger partial charge is 0.347 e. The molecule has 0 N–H and O–H groups in total. The van der Waals surface area contributed by atoms with E-state index >= 15 is 0 Å². The van der Waals surface area contributed by atoms with Gasteiger partial charge < -0.3 is 9.47 Å². The van der Waals surface area contributed by atoms with Gasteiger partial charge in [0.05, 0.1) is 6.61 Å². The minimum absolute atomic E-state index is 0.0308. The van der Waals surface area contributed by atoms with E-state index in [9.17, 15) is 4.79 Å². The van der Waals surface area contributed by atoms with Gasteiger partial charge in [0.25, 0.3) is 0 Å². The van der Waals surface area contributed by atoms with Crippen molar-refractivity contribution in [3.05, 3.63) is 12.2 Å². The Balaban J connectivity index is 2.43. The molecule has 0 aromatic heterocycles. The van der Waals surface area contributed by atoms with Crippen LogP contribution in [0.25, 0.3) is 0 Å². The van der Waals surface area contributed by atoms with Crippen molar-refractivity contribution in [2.75, 3.05) is 6.61 Å². The molecule has 1 rings (SSSR count). The Hall–Kier alpha value is -0.670. The summed E-state index contributed by atoms with van der Waals surface area (Å²) >= 11 is 0. The van der Waals surface area contributed by atoms with E-state index in [2.05, 4.69) is 0 Å². The second-order valence-corrected chi connectivity index (χ2v) is 3.34. The molecule has 1 aliphatic heterocycles. The number of carbonyl (C=O) groups excluding carboxylic acids is 1. The predicted molar refractivity (Wildman–Crippen MR) is 44.7 cm³/mol. The van der Waals surface area contributed by atoms with Gasteiger partial charge in [0.1, 0.15) is 6.10 Å². The van der Waals surface area contributed by atoms with Crippen LogP contribution in [0.3, 0.4) is 0 Å². The summed E-state index contributed by atoms with van der Waals surface area (Å²) < 4.78 is 10.7. The van der Waals surface area contributed by atoms with Crippen molar-refractivity contribution in [1.29, 1.82) is 0 Å². The smallest absolute Gasteiger partial charge is 0.163 e. The molecule has 0 saturated carbocycles. The zero-order chi connectivity index (χ0) is 9.19. The van der Waals surface area contributed by atoms with Gasteiger partial charge in [0, 0.05) is 0 Å². The molecule has 1 saturated heterocycles. The van der Waals surface area contributed by atoms with E-state index in [-0.39, 0.29) is 11.9 Å². The van der Waals surface area contributed by atoms with Crippen LogP contribution in [-0.2, 0) is 14.3 Å². The summed E-state index contributed by atoms with van der Waals surface area (Å²) in [4.78, 5) is 10.6. The van der Waals surface area contributed by atoms with E-state index in [4.69, 9.17) is 9.47 Å². The number of allylic oxidation sites excluding steroid dienone is 1. The molecule has 0 aliphatic carbocycles. The highest BCUT2D eigenvalue weighted by molar-refractivity contribution is 5.87. The lowest BCUT2D eigenvalue weighted by atomic mass is 10.3. The molecule has 0 amide bonds. The molecule has 1 heterocycles. The van der Waals surface area contributed by atoms with Gasteiger partial charge in [-0.25, -0.2) is 0 Å². The topological polar surface area (TPSA) is 35.5 Å². The maximum Gasteiger partial charge on any atom is 0.163 e. The summed E-state index contributed by atoms with van der Waals surface area (Å²) in [6, 6.07) is 0. The lowest BCUT2D eigenvalue weighted by Gasteiger charge is -2.15. The highest BCUT2D eigenvalue weighted by Crippen LogP contribution is 2.22. The Labute approximate surface area is 72.4 Å². The molecule has 1 unspecified atom stereocenters. The first-order valence-electron chi connectivity index (χ1n) is 4.00. The summed E-state index contributed by atoms with van der Waals surface area (Å²) in [5.74, 6) is -0.477. The highest BCUT2D eigenvalue weighted by Gasteiger charge is 2.30. The van der Waals surface area contributed by atoms with Crippen LogP contribution < -0.4 is 0 Å². The Kier molecular flexibility index (Phi) is 2.65. The van der Waals surface area contributed by atoms with E-state index in [1.54, 1.807) is 6.08 Å². The van der Waals surface area contributed by atoms with E-state index in [0.29, 0.717) is 6.61 Å². The quantitative estimate of drug-likeness (QED) is 0.586. The maximum absolute atomic E-state index is 10.6. The Morgan fingerprint density at radius 1 is 1.58 bits per heavy atom. The van der Waals surface area contributed by atoms with Crippen molar-refractivity contribution in [2.45, 2.75) is 32.7 Å². The van der Waals surface area contributed by atoms with Gasteiger partial charge in [0.2, 0.25) is 0 Å². The first-order chi connectivity index (χ1) is 5.49. The molecule has 0 spiro atoms. The summed E-state index contributed by atoms with van der Waals surface area (Å²) in [5, 5.41) is 0. The molecule has 1 atom stereocenters. The molecule has 0 aromatic carbocycles. The van der Waals surface area contributed by atoms with Crippen molar-refractivity contribution in [1.82, 2.24) is 0 Å². The lowest BCUT2D eigenvalue weighted by molar-refractivity contribution is -0.133. The minimum Gasteiger partial charge on any atom is -0.347 e. The zero-order valence-electron chi connectivity index (χ0n) is 7.66. The third kappa shape index (κ3) is 2.75. The molecule has 1 aliphatic rings. The van der Waals surface area contributed by atoms with Gasteiger partial charge in [-0.3, -0.25) is 4.79 Å². The average Bonchev–Trinajstić information content (AvgIpc) is 2.26. The van der Waals surface area contributed by atoms with Crippen molar-refractivity contribution >= 4 is 5.78 Å². The van der Waals surface area contributed by atoms with Gasteiger partial charge in [-0.2, -0.15) is 0 Å².